The molecule has 158 valence electrons. The minimum absolute atomic E-state index is 0.153. The van der Waals surface area contributed by atoms with Gasteiger partial charge in [0.15, 0.2) is 0 Å². The number of aromatic nitrogens is 4. The Hall–Kier alpha value is -2.44. The molecule has 0 spiro atoms. The van der Waals surface area contributed by atoms with Crippen LogP contribution in [0.15, 0.2) is 31.0 Å². The fraction of sp³-hybridized carbons (Fsp3) is 0.636. The standard InChI is InChI=1S/C22H34N6O/c1-3-5-8-18(4-2)16-25-21(29)15-19-9-6-7-13-28(19)20-10-11-24-22(26-20)27-14-12-23-17-27/h10-12,14,17-19H,3-9,13,15-16H2,1-2H3,(H,25,29). The van der Waals surface area contributed by atoms with E-state index in [1.165, 1.54) is 19.3 Å². The summed E-state index contributed by atoms with van der Waals surface area (Å²) < 4.78 is 1.80. The lowest BCUT2D eigenvalue weighted by Crippen LogP contribution is -2.44. The quantitative estimate of drug-likeness (QED) is 0.660. The molecule has 2 unspecified atom stereocenters. The number of hydrogen-bond donors (Lipinski definition) is 1. The summed E-state index contributed by atoms with van der Waals surface area (Å²) in [4.78, 5) is 28.1. The molecular weight excluding hydrogens is 364 g/mol. The van der Waals surface area contributed by atoms with Crippen molar-refractivity contribution in [2.75, 3.05) is 18.0 Å². The van der Waals surface area contributed by atoms with Crippen LogP contribution in [0, 0.1) is 5.92 Å². The number of nitrogens with one attached hydrogen (secondary N) is 1. The van der Waals surface area contributed by atoms with Crippen LogP contribution in [0.4, 0.5) is 5.82 Å². The molecule has 0 radical (unpaired) electrons. The van der Waals surface area contributed by atoms with Crippen LogP contribution in [0.3, 0.4) is 0 Å². The number of hydrogen-bond acceptors (Lipinski definition) is 5. The first kappa shape index (κ1) is 21.3. The van der Waals surface area contributed by atoms with Gasteiger partial charge in [0.05, 0.1) is 0 Å². The normalized spacial score (nSPS) is 17.9. The van der Waals surface area contributed by atoms with E-state index in [-0.39, 0.29) is 11.9 Å². The third-order valence-corrected chi connectivity index (χ3v) is 5.84. The Balaban J connectivity index is 1.61. The number of piperidine rings is 1. The lowest BCUT2D eigenvalue weighted by molar-refractivity contribution is -0.121. The summed E-state index contributed by atoms with van der Waals surface area (Å²) in [7, 11) is 0. The number of imidazole rings is 1. The van der Waals surface area contributed by atoms with E-state index in [1.54, 1.807) is 23.3 Å². The van der Waals surface area contributed by atoms with Gasteiger partial charge in [-0.3, -0.25) is 9.36 Å². The smallest absolute Gasteiger partial charge is 0.236 e. The fourth-order valence-corrected chi connectivity index (χ4v) is 4.00. The topological polar surface area (TPSA) is 75.9 Å². The molecule has 0 aromatic carbocycles. The van der Waals surface area contributed by atoms with Gasteiger partial charge in [0.1, 0.15) is 12.1 Å². The number of nitrogens with zero attached hydrogens (tertiary/aromatic N) is 5. The van der Waals surface area contributed by atoms with E-state index in [9.17, 15) is 4.79 Å². The van der Waals surface area contributed by atoms with Crippen LogP contribution in [-0.4, -0.2) is 44.6 Å². The molecule has 3 heterocycles. The Morgan fingerprint density at radius 2 is 2.21 bits per heavy atom. The lowest BCUT2D eigenvalue weighted by atomic mass is 9.97. The molecule has 1 aliphatic heterocycles. The first-order valence-corrected chi connectivity index (χ1v) is 11.1. The van der Waals surface area contributed by atoms with E-state index in [4.69, 9.17) is 4.98 Å². The van der Waals surface area contributed by atoms with Gasteiger partial charge in [0.2, 0.25) is 11.9 Å². The molecule has 0 bridgehead atoms. The van der Waals surface area contributed by atoms with Crippen LogP contribution in [0.5, 0.6) is 0 Å². The van der Waals surface area contributed by atoms with Crippen molar-refractivity contribution in [2.24, 2.45) is 5.92 Å². The highest BCUT2D eigenvalue weighted by Crippen LogP contribution is 2.25. The Labute approximate surface area is 174 Å². The van der Waals surface area contributed by atoms with E-state index in [1.807, 2.05) is 12.3 Å². The van der Waals surface area contributed by atoms with Crippen molar-refractivity contribution in [3.63, 3.8) is 0 Å². The maximum atomic E-state index is 12.7. The van der Waals surface area contributed by atoms with Crippen molar-refractivity contribution in [2.45, 2.75) is 71.3 Å². The van der Waals surface area contributed by atoms with Crippen molar-refractivity contribution in [3.8, 4) is 5.95 Å². The van der Waals surface area contributed by atoms with Crippen LogP contribution in [0.2, 0.25) is 0 Å². The Morgan fingerprint density at radius 1 is 1.31 bits per heavy atom. The van der Waals surface area contributed by atoms with Crippen LogP contribution in [-0.2, 0) is 4.79 Å². The molecule has 1 fully saturated rings. The Bertz CT molecular complexity index is 748. The summed E-state index contributed by atoms with van der Waals surface area (Å²) in [6, 6.07) is 2.12. The second kappa shape index (κ2) is 10.9. The number of amides is 1. The zero-order valence-corrected chi connectivity index (χ0v) is 17.8. The zero-order chi connectivity index (χ0) is 20.5. The van der Waals surface area contributed by atoms with Crippen molar-refractivity contribution < 1.29 is 4.79 Å². The SMILES string of the molecule is CCCCC(CC)CNC(=O)CC1CCCCN1c1ccnc(-n2ccnc2)n1. The molecule has 0 saturated carbocycles. The fourth-order valence-electron chi connectivity index (χ4n) is 4.00. The highest BCUT2D eigenvalue weighted by Gasteiger charge is 2.26. The highest BCUT2D eigenvalue weighted by molar-refractivity contribution is 5.77. The summed E-state index contributed by atoms with van der Waals surface area (Å²) in [6.45, 7) is 6.14. The average molecular weight is 399 g/mol. The van der Waals surface area contributed by atoms with Crippen molar-refractivity contribution in [1.29, 1.82) is 0 Å². The van der Waals surface area contributed by atoms with Crippen molar-refractivity contribution in [1.82, 2.24) is 24.8 Å². The highest BCUT2D eigenvalue weighted by atomic mass is 16.1. The number of carbonyl (C=O) groups is 1. The second-order valence-electron chi connectivity index (χ2n) is 7.95. The number of anilines is 1. The first-order valence-electron chi connectivity index (χ1n) is 11.1. The molecule has 3 rings (SSSR count). The number of unbranched alkanes of at least 4 members (excludes halogenated alkanes) is 1. The van der Waals surface area contributed by atoms with Gasteiger partial charge in [-0.15, -0.1) is 0 Å². The second-order valence-corrected chi connectivity index (χ2v) is 7.95. The summed E-state index contributed by atoms with van der Waals surface area (Å²) in [5.74, 6) is 2.23. The van der Waals surface area contributed by atoms with Gasteiger partial charge in [-0.05, 0) is 37.7 Å². The average Bonchev–Trinajstić information content (AvgIpc) is 3.29. The largest absolute Gasteiger partial charge is 0.356 e. The van der Waals surface area contributed by atoms with Gasteiger partial charge in [-0.2, -0.15) is 4.98 Å². The number of rotatable bonds is 10. The molecule has 7 nitrogen and oxygen atoms in total. The Kier molecular flexibility index (Phi) is 8.02. The maximum absolute atomic E-state index is 12.7. The van der Waals surface area contributed by atoms with E-state index < -0.39 is 0 Å². The monoisotopic (exact) mass is 398 g/mol. The predicted molar refractivity (Wildman–Crippen MR) is 115 cm³/mol. The summed E-state index contributed by atoms with van der Waals surface area (Å²) in [5.41, 5.74) is 0. The number of carbonyl (C=O) groups excluding carboxylic acids is 1. The molecule has 1 N–H and O–H groups in total. The van der Waals surface area contributed by atoms with Gasteiger partial charge in [-0.25, -0.2) is 9.97 Å². The van der Waals surface area contributed by atoms with E-state index >= 15 is 0 Å². The molecule has 7 heteroatoms. The molecule has 1 aliphatic rings. The molecule has 0 aliphatic carbocycles. The maximum Gasteiger partial charge on any atom is 0.236 e. The summed E-state index contributed by atoms with van der Waals surface area (Å²) >= 11 is 0. The minimum Gasteiger partial charge on any atom is -0.356 e. The molecule has 29 heavy (non-hydrogen) atoms. The summed E-state index contributed by atoms with van der Waals surface area (Å²) in [6.07, 6.45) is 15.6. The van der Waals surface area contributed by atoms with Gasteiger partial charge in [0, 0.05) is 44.1 Å². The molecule has 2 aromatic heterocycles. The van der Waals surface area contributed by atoms with Crippen LogP contribution in [0.25, 0.3) is 5.95 Å². The van der Waals surface area contributed by atoms with Gasteiger partial charge in [0.25, 0.3) is 0 Å². The summed E-state index contributed by atoms with van der Waals surface area (Å²) in [5, 5.41) is 3.18. The van der Waals surface area contributed by atoms with Gasteiger partial charge >= 0.3 is 0 Å². The molecule has 2 atom stereocenters. The molecule has 1 saturated heterocycles. The van der Waals surface area contributed by atoms with Crippen molar-refractivity contribution >= 4 is 11.7 Å². The van der Waals surface area contributed by atoms with Crippen LogP contribution >= 0.6 is 0 Å². The first-order chi connectivity index (χ1) is 14.2. The Morgan fingerprint density at radius 3 is 2.97 bits per heavy atom. The minimum atomic E-state index is 0.153. The van der Waals surface area contributed by atoms with Crippen molar-refractivity contribution in [3.05, 3.63) is 31.0 Å². The van der Waals surface area contributed by atoms with E-state index in [2.05, 4.69) is 34.0 Å². The lowest BCUT2D eigenvalue weighted by Gasteiger charge is -2.36. The third-order valence-electron chi connectivity index (χ3n) is 5.84. The molecule has 2 aromatic rings. The third kappa shape index (κ3) is 6.02. The van der Waals surface area contributed by atoms with Gasteiger partial charge < -0.3 is 10.2 Å². The molecule has 1 amide bonds. The van der Waals surface area contributed by atoms with Crippen LogP contribution < -0.4 is 10.2 Å². The van der Waals surface area contributed by atoms with Crippen LogP contribution in [0.1, 0.15) is 65.2 Å². The molecular formula is C22H34N6O. The van der Waals surface area contributed by atoms with Gasteiger partial charge in [-0.1, -0.05) is 33.1 Å². The van der Waals surface area contributed by atoms with E-state index in [0.717, 1.165) is 44.6 Å². The predicted octanol–water partition coefficient (Wildman–Crippen LogP) is 3.74. The van der Waals surface area contributed by atoms with E-state index in [0.29, 0.717) is 18.3 Å². The zero-order valence-electron chi connectivity index (χ0n) is 17.8.